The number of unbranched alkanes of at least 4 members (excludes halogenated alkanes) is 2. The van der Waals surface area contributed by atoms with Gasteiger partial charge in [0.1, 0.15) is 5.82 Å². The molecule has 2 heteroatoms. The van der Waals surface area contributed by atoms with Gasteiger partial charge in [-0.2, -0.15) is 0 Å². The first kappa shape index (κ1) is 24.5. The fraction of sp³-hybridized carbons (Fsp3) is 0.613. The van der Waals surface area contributed by atoms with Crippen LogP contribution in [0.25, 0.3) is 11.1 Å². The van der Waals surface area contributed by atoms with E-state index in [1.165, 1.54) is 69.8 Å². The summed E-state index contributed by atoms with van der Waals surface area (Å²) in [6.07, 6.45) is 15.2. The van der Waals surface area contributed by atoms with Gasteiger partial charge in [0, 0.05) is 13.7 Å². The Bertz CT molecular complexity index is 842. The summed E-state index contributed by atoms with van der Waals surface area (Å²) in [7, 11) is 1.81. The summed E-state index contributed by atoms with van der Waals surface area (Å²) in [5, 5.41) is 0. The van der Waals surface area contributed by atoms with Gasteiger partial charge in [-0.15, -0.1) is 0 Å². The van der Waals surface area contributed by atoms with Crippen molar-refractivity contribution in [2.45, 2.75) is 95.8 Å². The molecule has 0 saturated heterocycles. The molecule has 0 spiro atoms. The summed E-state index contributed by atoms with van der Waals surface area (Å²) in [4.78, 5) is 0. The van der Waals surface area contributed by atoms with Crippen molar-refractivity contribution in [3.8, 4) is 11.1 Å². The zero-order chi connectivity index (χ0) is 23.0. The largest absolute Gasteiger partial charge is 0.384 e. The molecular formula is C31H43FO. The molecule has 0 unspecified atom stereocenters. The average molecular weight is 451 g/mol. The minimum atomic E-state index is -0.0116. The second kappa shape index (κ2) is 12.2. The van der Waals surface area contributed by atoms with Gasteiger partial charge in [-0.1, -0.05) is 69.0 Å². The second-order valence-electron chi connectivity index (χ2n) is 10.7. The molecule has 2 aromatic carbocycles. The van der Waals surface area contributed by atoms with E-state index in [1.54, 1.807) is 13.2 Å². The Morgan fingerprint density at radius 2 is 1.39 bits per heavy atom. The van der Waals surface area contributed by atoms with Gasteiger partial charge in [0.05, 0.1) is 0 Å². The van der Waals surface area contributed by atoms with Crippen LogP contribution in [0.1, 0.15) is 107 Å². The van der Waals surface area contributed by atoms with Crippen molar-refractivity contribution >= 4 is 0 Å². The molecule has 1 nitrogen and oxygen atoms in total. The van der Waals surface area contributed by atoms with E-state index in [2.05, 4.69) is 43.3 Å². The first-order valence-corrected chi connectivity index (χ1v) is 13.6. The lowest BCUT2D eigenvalue weighted by molar-refractivity contribution is 0.127. The Morgan fingerprint density at radius 3 is 2.03 bits per heavy atom. The lowest BCUT2D eigenvalue weighted by atomic mass is 9.76. The Labute approximate surface area is 201 Å². The lowest BCUT2D eigenvalue weighted by Gasteiger charge is -2.29. The molecule has 2 aliphatic carbocycles. The summed E-state index contributed by atoms with van der Waals surface area (Å²) in [6, 6.07) is 14.9. The number of hydrogen-bond acceptors (Lipinski definition) is 1. The number of ether oxygens (including phenoxy) is 1. The molecule has 33 heavy (non-hydrogen) atoms. The molecule has 2 aliphatic rings. The summed E-state index contributed by atoms with van der Waals surface area (Å²) < 4.78 is 20.5. The zero-order valence-corrected chi connectivity index (χ0v) is 20.8. The fourth-order valence-electron chi connectivity index (χ4n) is 6.33. The van der Waals surface area contributed by atoms with Crippen LogP contribution in [0.4, 0.5) is 4.39 Å². The van der Waals surface area contributed by atoms with Crippen LogP contribution in [0.15, 0.2) is 42.5 Å². The van der Waals surface area contributed by atoms with Gasteiger partial charge < -0.3 is 4.74 Å². The van der Waals surface area contributed by atoms with Gasteiger partial charge in [0.2, 0.25) is 0 Å². The highest BCUT2D eigenvalue weighted by atomic mass is 19.1. The molecule has 0 atom stereocenters. The normalized spacial score (nSPS) is 25.8. The maximum absolute atomic E-state index is 15.1. The monoisotopic (exact) mass is 450 g/mol. The highest BCUT2D eigenvalue weighted by molar-refractivity contribution is 5.64. The van der Waals surface area contributed by atoms with Crippen LogP contribution in [0, 0.1) is 17.7 Å². The van der Waals surface area contributed by atoms with Crippen molar-refractivity contribution in [3.05, 3.63) is 59.4 Å². The van der Waals surface area contributed by atoms with E-state index < -0.39 is 0 Å². The molecule has 0 bridgehead atoms. The van der Waals surface area contributed by atoms with E-state index in [-0.39, 0.29) is 5.82 Å². The number of methoxy groups -OCH3 is 1. The van der Waals surface area contributed by atoms with Crippen molar-refractivity contribution in [2.24, 2.45) is 11.8 Å². The Kier molecular flexibility index (Phi) is 9.01. The second-order valence-corrected chi connectivity index (χ2v) is 10.7. The van der Waals surface area contributed by atoms with Crippen LogP contribution in [-0.4, -0.2) is 13.7 Å². The molecule has 0 radical (unpaired) electrons. The van der Waals surface area contributed by atoms with Crippen LogP contribution in [0.5, 0.6) is 0 Å². The predicted octanol–water partition coefficient (Wildman–Crippen LogP) is 9.27. The zero-order valence-electron chi connectivity index (χ0n) is 20.8. The minimum absolute atomic E-state index is 0.0116. The predicted molar refractivity (Wildman–Crippen MR) is 137 cm³/mol. The van der Waals surface area contributed by atoms with E-state index in [0.29, 0.717) is 11.8 Å². The van der Waals surface area contributed by atoms with E-state index in [0.717, 1.165) is 48.0 Å². The average Bonchev–Trinajstić information content (AvgIpc) is 2.86. The molecule has 0 aliphatic heterocycles. The van der Waals surface area contributed by atoms with Crippen molar-refractivity contribution in [2.75, 3.05) is 13.7 Å². The third-order valence-corrected chi connectivity index (χ3v) is 8.47. The van der Waals surface area contributed by atoms with Crippen LogP contribution >= 0.6 is 0 Å². The van der Waals surface area contributed by atoms with Gasteiger partial charge in [-0.25, -0.2) is 4.39 Å². The van der Waals surface area contributed by atoms with Crippen LogP contribution in [0.2, 0.25) is 0 Å². The minimum Gasteiger partial charge on any atom is -0.384 e. The maximum Gasteiger partial charge on any atom is 0.127 e. The molecule has 0 amide bonds. The van der Waals surface area contributed by atoms with Crippen molar-refractivity contribution in [3.63, 3.8) is 0 Å². The van der Waals surface area contributed by atoms with Crippen LogP contribution in [-0.2, 0) is 4.74 Å². The van der Waals surface area contributed by atoms with Crippen LogP contribution < -0.4 is 0 Å². The molecule has 0 aromatic heterocycles. The molecule has 0 N–H and O–H groups in total. The molecule has 2 saturated carbocycles. The standard InChI is InChI=1S/C31H43FO/c1-3-4-5-6-23-7-13-28(14-8-23)30-20-19-29(21-31(30)32)27-17-15-26(16-18-27)25-11-9-24(10-12-25)22-33-2/h15-21,23-25,28H,3-14,22H2,1-2H3. The van der Waals surface area contributed by atoms with Gasteiger partial charge >= 0.3 is 0 Å². The number of benzene rings is 2. The van der Waals surface area contributed by atoms with Gasteiger partial charge in [-0.3, -0.25) is 0 Å². The highest BCUT2D eigenvalue weighted by Gasteiger charge is 2.25. The Morgan fingerprint density at radius 1 is 0.758 bits per heavy atom. The SMILES string of the molecule is CCCCCC1CCC(c2ccc(-c3ccc(C4CCC(COC)CC4)cc3)cc2F)CC1. The van der Waals surface area contributed by atoms with E-state index in [1.807, 2.05) is 0 Å². The van der Waals surface area contributed by atoms with Gasteiger partial charge in [0.15, 0.2) is 0 Å². The van der Waals surface area contributed by atoms with E-state index in [9.17, 15) is 0 Å². The molecule has 2 aromatic rings. The summed E-state index contributed by atoms with van der Waals surface area (Å²) in [6.45, 7) is 3.17. The molecule has 2 fully saturated rings. The Balaban J connectivity index is 1.33. The number of hydrogen-bond donors (Lipinski definition) is 0. The first-order valence-electron chi connectivity index (χ1n) is 13.6. The topological polar surface area (TPSA) is 9.23 Å². The quantitative estimate of drug-likeness (QED) is 0.346. The fourth-order valence-corrected chi connectivity index (χ4v) is 6.33. The lowest BCUT2D eigenvalue weighted by Crippen LogP contribution is -2.17. The van der Waals surface area contributed by atoms with Gasteiger partial charge in [-0.05, 0) is 103 Å². The van der Waals surface area contributed by atoms with Crippen LogP contribution in [0.3, 0.4) is 0 Å². The molecule has 180 valence electrons. The van der Waals surface area contributed by atoms with Crippen molar-refractivity contribution in [1.29, 1.82) is 0 Å². The van der Waals surface area contributed by atoms with Crippen molar-refractivity contribution < 1.29 is 9.13 Å². The molecular weight excluding hydrogens is 407 g/mol. The maximum atomic E-state index is 15.1. The summed E-state index contributed by atoms with van der Waals surface area (Å²) >= 11 is 0. The first-order chi connectivity index (χ1) is 16.2. The molecule has 4 rings (SSSR count). The van der Waals surface area contributed by atoms with Gasteiger partial charge in [0.25, 0.3) is 0 Å². The molecule has 0 heterocycles. The Hall–Kier alpha value is -1.67. The highest BCUT2D eigenvalue weighted by Crippen LogP contribution is 2.40. The van der Waals surface area contributed by atoms with Crippen molar-refractivity contribution in [1.82, 2.24) is 0 Å². The van der Waals surface area contributed by atoms with E-state index >= 15 is 4.39 Å². The third kappa shape index (κ3) is 6.47. The van der Waals surface area contributed by atoms with E-state index in [4.69, 9.17) is 4.74 Å². The number of halogens is 1. The third-order valence-electron chi connectivity index (χ3n) is 8.47. The smallest absolute Gasteiger partial charge is 0.127 e. The summed E-state index contributed by atoms with van der Waals surface area (Å²) in [5.41, 5.74) is 4.49. The summed E-state index contributed by atoms with van der Waals surface area (Å²) in [5.74, 6) is 2.63. The number of rotatable bonds is 9.